The molecule has 0 aromatic carbocycles. The van der Waals surface area contributed by atoms with Gasteiger partial charge in [0.1, 0.15) is 13.2 Å². The van der Waals surface area contributed by atoms with Crippen LogP contribution >= 0.6 is 0 Å². The summed E-state index contributed by atoms with van der Waals surface area (Å²) >= 11 is 0. The largest absolute Gasteiger partial charge is 0.462 e. The van der Waals surface area contributed by atoms with Crippen molar-refractivity contribution in [3.8, 4) is 0 Å². The van der Waals surface area contributed by atoms with E-state index in [0.29, 0.717) is 19.3 Å². The Morgan fingerprint density at radius 3 is 0.700 bits per heavy atom. The highest BCUT2D eigenvalue weighted by Crippen LogP contribution is 2.18. The van der Waals surface area contributed by atoms with Gasteiger partial charge >= 0.3 is 17.9 Å². The van der Waals surface area contributed by atoms with Gasteiger partial charge in [-0.05, 0) is 83.5 Å². The first-order valence-electron chi connectivity index (χ1n) is 35.6. The maximum atomic E-state index is 12.9. The van der Waals surface area contributed by atoms with E-state index >= 15 is 0 Å². The molecule has 6 heteroatoms. The predicted octanol–water partition coefficient (Wildman–Crippen LogP) is 24.5. The number of unbranched alkanes of at least 4 members (excludes halogenated alkanes) is 47. The summed E-state index contributed by atoms with van der Waals surface area (Å²) in [4.78, 5) is 38.4. The van der Waals surface area contributed by atoms with Crippen LogP contribution in [0.1, 0.15) is 387 Å². The second-order valence-electron chi connectivity index (χ2n) is 24.1. The molecule has 0 aliphatic rings. The van der Waals surface area contributed by atoms with Crippen LogP contribution in [0.15, 0.2) is 48.6 Å². The molecule has 0 fully saturated rings. The van der Waals surface area contributed by atoms with Gasteiger partial charge in [0.15, 0.2) is 6.10 Å². The molecule has 0 bridgehead atoms. The van der Waals surface area contributed by atoms with Gasteiger partial charge in [0.2, 0.25) is 0 Å². The van der Waals surface area contributed by atoms with E-state index in [4.69, 9.17) is 14.2 Å². The molecule has 0 aromatic rings. The SMILES string of the molecule is CCCCCC/C=C\C/C=C\CCCCCCCCCC(=O)OC(COC(=O)CCCCCCCCCCCCCCCCC)COC(=O)CCCCCCCCCCCCCCCCCCC/C=C\C/C=C\CCCCCCC. The van der Waals surface area contributed by atoms with E-state index in [1.54, 1.807) is 0 Å². The Bertz CT molecular complexity index is 1380. The summed E-state index contributed by atoms with van der Waals surface area (Å²) in [5.41, 5.74) is 0. The smallest absolute Gasteiger partial charge is 0.306 e. The summed E-state index contributed by atoms with van der Waals surface area (Å²) in [5.74, 6) is -0.851. The molecule has 468 valence electrons. The number of allylic oxidation sites excluding steroid dienone is 8. The van der Waals surface area contributed by atoms with Gasteiger partial charge in [-0.2, -0.15) is 0 Å². The van der Waals surface area contributed by atoms with Crippen molar-refractivity contribution in [1.29, 1.82) is 0 Å². The topological polar surface area (TPSA) is 78.9 Å². The first-order valence-corrected chi connectivity index (χ1v) is 35.6. The Labute approximate surface area is 498 Å². The lowest BCUT2D eigenvalue weighted by Crippen LogP contribution is -2.30. The van der Waals surface area contributed by atoms with Crippen molar-refractivity contribution < 1.29 is 28.6 Å². The lowest BCUT2D eigenvalue weighted by atomic mass is 10.0. The van der Waals surface area contributed by atoms with Gasteiger partial charge in [-0.3, -0.25) is 14.4 Å². The van der Waals surface area contributed by atoms with Crippen molar-refractivity contribution in [2.45, 2.75) is 393 Å². The molecule has 0 saturated heterocycles. The molecule has 0 aromatic heterocycles. The molecule has 0 radical (unpaired) electrons. The number of hydrogen-bond acceptors (Lipinski definition) is 6. The van der Waals surface area contributed by atoms with Gasteiger partial charge in [-0.15, -0.1) is 0 Å². The Morgan fingerprint density at radius 2 is 0.450 bits per heavy atom. The second-order valence-corrected chi connectivity index (χ2v) is 24.1. The Balaban J connectivity index is 4.22. The van der Waals surface area contributed by atoms with Crippen LogP contribution in [0.4, 0.5) is 0 Å². The molecule has 0 spiro atoms. The molecule has 0 aliphatic carbocycles. The van der Waals surface area contributed by atoms with Gasteiger partial charge < -0.3 is 14.2 Å². The lowest BCUT2D eigenvalue weighted by molar-refractivity contribution is -0.167. The fourth-order valence-corrected chi connectivity index (χ4v) is 10.7. The highest BCUT2D eigenvalue weighted by atomic mass is 16.6. The van der Waals surface area contributed by atoms with Gasteiger partial charge in [-0.25, -0.2) is 0 Å². The number of carbonyl (C=O) groups excluding carboxylic acids is 3. The third-order valence-electron chi connectivity index (χ3n) is 16.1. The van der Waals surface area contributed by atoms with Crippen molar-refractivity contribution in [1.82, 2.24) is 0 Å². The molecule has 0 N–H and O–H groups in total. The third-order valence-corrected chi connectivity index (χ3v) is 16.1. The maximum Gasteiger partial charge on any atom is 0.306 e. The van der Waals surface area contributed by atoms with Crippen molar-refractivity contribution in [3.63, 3.8) is 0 Å². The average molecular weight is 1120 g/mol. The molecule has 0 amide bonds. The summed E-state index contributed by atoms with van der Waals surface area (Å²) in [5, 5.41) is 0. The molecule has 80 heavy (non-hydrogen) atoms. The Kier molecular flexibility index (Phi) is 66.6. The first-order chi connectivity index (χ1) is 39.5. The zero-order chi connectivity index (χ0) is 57.8. The minimum Gasteiger partial charge on any atom is -0.462 e. The van der Waals surface area contributed by atoms with Crippen LogP contribution in [-0.4, -0.2) is 37.2 Å². The van der Waals surface area contributed by atoms with Gasteiger partial charge in [-0.1, -0.05) is 333 Å². The monoisotopic (exact) mass is 1120 g/mol. The summed E-state index contributed by atoms with van der Waals surface area (Å²) in [6, 6.07) is 0. The summed E-state index contributed by atoms with van der Waals surface area (Å²) < 4.78 is 17.0. The molecule has 1 atom stereocenters. The van der Waals surface area contributed by atoms with E-state index in [0.717, 1.165) is 77.0 Å². The highest BCUT2D eigenvalue weighted by molar-refractivity contribution is 5.71. The lowest BCUT2D eigenvalue weighted by Gasteiger charge is -2.18. The van der Waals surface area contributed by atoms with Crippen LogP contribution in [0, 0.1) is 0 Å². The molecular weight excluding hydrogens is 985 g/mol. The van der Waals surface area contributed by atoms with Gasteiger partial charge in [0, 0.05) is 19.3 Å². The molecule has 6 nitrogen and oxygen atoms in total. The van der Waals surface area contributed by atoms with Crippen molar-refractivity contribution in [2.75, 3.05) is 13.2 Å². The van der Waals surface area contributed by atoms with Gasteiger partial charge in [0.05, 0.1) is 0 Å². The Morgan fingerprint density at radius 1 is 0.250 bits per heavy atom. The third kappa shape index (κ3) is 66.2. The van der Waals surface area contributed by atoms with Crippen LogP contribution in [0.2, 0.25) is 0 Å². The molecule has 0 rings (SSSR count). The van der Waals surface area contributed by atoms with Crippen molar-refractivity contribution in [3.05, 3.63) is 48.6 Å². The zero-order valence-corrected chi connectivity index (χ0v) is 53.9. The number of hydrogen-bond donors (Lipinski definition) is 0. The fraction of sp³-hybridized carbons (Fsp3) is 0.851. The van der Waals surface area contributed by atoms with Crippen molar-refractivity contribution >= 4 is 17.9 Å². The van der Waals surface area contributed by atoms with Gasteiger partial charge in [0.25, 0.3) is 0 Å². The second kappa shape index (κ2) is 68.9. The highest BCUT2D eigenvalue weighted by Gasteiger charge is 2.19. The minimum absolute atomic E-state index is 0.0710. The number of carbonyl (C=O) groups is 3. The average Bonchev–Trinajstić information content (AvgIpc) is 3.46. The van der Waals surface area contributed by atoms with Crippen LogP contribution in [0.25, 0.3) is 0 Å². The van der Waals surface area contributed by atoms with Crippen molar-refractivity contribution in [2.24, 2.45) is 0 Å². The Hall–Kier alpha value is -2.63. The molecule has 1 unspecified atom stereocenters. The summed E-state index contributed by atoms with van der Waals surface area (Å²) in [7, 11) is 0. The normalized spacial score (nSPS) is 12.3. The van der Waals surface area contributed by atoms with Crippen LogP contribution in [0.5, 0.6) is 0 Å². The summed E-state index contributed by atoms with van der Waals surface area (Å²) in [6.45, 7) is 6.67. The minimum atomic E-state index is -0.776. The number of ether oxygens (including phenoxy) is 3. The molecule has 0 aliphatic heterocycles. The van der Waals surface area contributed by atoms with E-state index in [-0.39, 0.29) is 31.1 Å². The maximum absolute atomic E-state index is 12.9. The van der Waals surface area contributed by atoms with E-state index < -0.39 is 6.10 Å². The summed E-state index contributed by atoms with van der Waals surface area (Å²) in [6.07, 6.45) is 87.1. The quantitative estimate of drug-likeness (QED) is 0.0261. The molecular formula is C74H136O6. The van der Waals surface area contributed by atoms with Crippen LogP contribution in [0.3, 0.4) is 0 Å². The van der Waals surface area contributed by atoms with E-state index in [1.165, 1.54) is 270 Å². The zero-order valence-electron chi connectivity index (χ0n) is 53.9. The number of rotatable bonds is 66. The van der Waals surface area contributed by atoms with E-state index in [2.05, 4.69) is 69.4 Å². The fourth-order valence-electron chi connectivity index (χ4n) is 10.7. The van der Waals surface area contributed by atoms with Crippen LogP contribution < -0.4 is 0 Å². The number of esters is 3. The predicted molar refractivity (Wildman–Crippen MR) is 349 cm³/mol. The standard InChI is InChI=1S/C74H136O6/c1-4-7-10-13-16-19-22-25-28-30-32-33-34-35-36-37-38-39-40-41-42-44-46-49-52-55-58-61-64-67-73(76)79-70-71(69-78-72(75)66-63-60-57-54-51-48-45-27-24-21-18-15-12-9-6-3)80-74(77)68-65-62-59-56-53-50-47-43-31-29-26-23-20-17-14-11-8-5-2/h20,22-23,25,29-32,71H,4-19,21,24,26-28,33-70H2,1-3H3/b23-20-,25-22-,31-29-,32-30-. The molecule has 0 heterocycles. The van der Waals surface area contributed by atoms with Crippen LogP contribution in [-0.2, 0) is 28.6 Å². The molecule has 0 saturated carbocycles. The first kappa shape index (κ1) is 77.4. The van der Waals surface area contributed by atoms with E-state index in [9.17, 15) is 14.4 Å². The van der Waals surface area contributed by atoms with E-state index in [1.807, 2.05) is 0 Å².